The molecule has 1 aromatic heterocycles. The van der Waals surface area contributed by atoms with Crippen molar-refractivity contribution >= 4 is 23.2 Å². The van der Waals surface area contributed by atoms with E-state index in [0.717, 1.165) is 37.3 Å². The third-order valence-electron chi connectivity index (χ3n) is 4.94. The second-order valence-corrected chi connectivity index (χ2v) is 6.83. The predicted molar refractivity (Wildman–Crippen MR) is 100 cm³/mol. The summed E-state index contributed by atoms with van der Waals surface area (Å²) in [5.74, 6) is 0.295. The van der Waals surface area contributed by atoms with Gasteiger partial charge in [0.2, 0.25) is 5.91 Å². The summed E-state index contributed by atoms with van der Waals surface area (Å²) < 4.78 is 0. The second kappa shape index (κ2) is 7.15. The normalized spacial score (nSPS) is 17.1. The molecule has 0 bridgehead atoms. The summed E-state index contributed by atoms with van der Waals surface area (Å²) >= 11 is 0. The van der Waals surface area contributed by atoms with Gasteiger partial charge in [-0.1, -0.05) is 0 Å². The van der Waals surface area contributed by atoms with Crippen LogP contribution in [0.25, 0.3) is 0 Å². The van der Waals surface area contributed by atoms with Crippen LogP contribution in [0.15, 0.2) is 48.8 Å². The van der Waals surface area contributed by atoms with E-state index in [2.05, 4.69) is 15.2 Å². The van der Waals surface area contributed by atoms with Gasteiger partial charge in [-0.25, -0.2) is 0 Å². The van der Waals surface area contributed by atoms with Gasteiger partial charge in [0.1, 0.15) is 0 Å². The van der Waals surface area contributed by atoms with E-state index >= 15 is 0 Å². The van der Waals surface area contributed by atoms with Crippen LogP contribution in [0.1, 0.15) is 23.2 Å². The highest BCUT2D eigenvalue weighted by molar-refractivity contribution is 5.97. The van der Waals surface area contributed by atoms with Gasteiger partial charge in [0.25, 0.3) is 5.91 Å². The Bertz CT molecular complexity index is 779. The summed E-state index contributed by atoms with van der Waals surface area (Å²) in [4.78, 5) is 32.7. The summed E-state index contributed by atoms with van der Waals surface area (Å²) in [5.41, 5.74) is 2.55. The first kappa shape index (κ1) is 16.6. The fourth-order valence-corrected chi connectivity index (χ4v) is 3.19. The van der Waals surface area contributed by atoms with Crippen molar-refractivity contribution in [2.24, 2.45) is 5.92 Å². The molecule has 4 rings (SSSR count). The van der Waals surface area contributed by atoms with Crippen LogP contribution in [0, 0.1) is 5.92 Å². The van der Waals surface area contributed by atoms with Crippen LogP contribution in [0.5, 0.6) is 0 Å². The summed E-state index contributed by atoms with van der Waals surface area (Å²) in [6.07, 6.45) is 5.54. The summed E-state index contributed by atoms with van der Waals surface area (Å²) in [7, 11) is 0. The largest absolute Gasteiger partial charge is 0.368 e. The first-order chi connectivity index (χ1) is 12.7. The van der Waals surface area contributed by atoms with E-state index in [1.165, 1.54) is 0 Å². The third-order valence-corrected chi connectivity index (χ3v) is 4.94. The number of anilines is 2. The lowest BCUT2D eigenvalue weighted by Gasteiger charge is -2.36. The molecule has 6 nitrogen and oxygen atoms in total. The Balaban J connectivity index is 1.33. The van der Waals surface area contributed by atoms with Gasteiger partial charge in [-0.3, -0.25) is 14.6 Å². The molecule has 2 aliphatic rings. The molecule has 2 fully saturated rings. The Hall–Kier alpha value is -2.89. The van der Waals surface area contributed by atoms with Crippen molar-refractivity contribution in [2.45, 2.75) is 12.8 Å². The van der Waals surface area contributed by atoms with Crippen molar-refractivity contribution in [2.75, 3.05) is 36.4 Å². The molecule has 26 heavy (non-hydrogen) atoms. The summed E-state index contributed by atoms with van der Waals surface area (Å²) in [6, 6.07) is 11.2. The number of nitrogens with one attached hydrogen (secondary N) is 1. The maximum absolute atomic E-state index is 12.7. The molecule has 134 valence electrons. The Morgan fingerprint density at radius 1 is 0.923 bits per heavy atom. The molecule has 1 saturated carbocycles. The average Bonchev–Trinajstić information content (AvgIpc) is 3.54. The van der Waals surface area contributed by atoms with Gasteiger partial charge in [-0.05, 0) is 49.2 Å². The molecule has 2 amide bonds. The lowest BCUT2D eigenvalue weighted by Crippen LogP contribution is -2.48. The zero-order valence-corrected chi connectivity index (χ0v) is 14.6. The van der Waals surface area contributed by atoms with Gasteiger partial charge in [0, 0.05) is 61.4 Å². The second-order valence-electron chi connectivity index (χ2n) is 6.83. The molecular weight excluding hydrogens is 328 g/mol. The van der Waals surface area contributed by atoms with Crippen LogP contribution in [0.2, 0.25) is 0 Å². The van der Waals surface area contributed by atoms with Crippen LogP contribution in [0.4, 0.5) is 11.4 Å². The zero-order chi connectivity index (χ0) is 17.9. The molecule has 2 aromatic rings. The number of nitrogens with zero attached hydrogens (tertiary/aromatic N) is 3. The first-order valence-electron chi connectivity index (χ1n) is 9.06. The van der Waals surface area contributed by atoms with E-state index in [-0.39, 0.29) is 17.7 Å². The van der Waals surface area contributed by atoms with Crippen molar-refractivity contribution in [3.63, 3.8) is 0 Å². The lowest BCUT2D eigenvalue weighted by molar-refractivity contribution is -0.117. The van der Waals surface area contributed by atoms with Crippen LogP contribution in [-0.4, -0.2) is 47.9 Å². The fourth-order valence-electron chi connectivity index (χ4n) is 3.19. The Labute approximate surface area is 152 Å². The Kier molecular flexibility index (Phi) is 4.56. The molecule has 1 aromatic carbocycles. The minimum absolute atomic E-state index is 0.0412. The number of carbonyl (C=O) groups is 2. The van der Waals surface area contributed by atoms with Crippen LogP contribution in [0.3, 0.4) is 0 Å². The van der Waals surface area contributed by atoms with E-state index in [9.17, 15) is 9.59 Å². The Morgan fingerprint density at radius 3 is 2.19 bits per heavy atom. The topological polar surface area (TPSA) is 65.5 Å². The van der Waals surface area contributed by atoms with Gasteiger partial charge in [0.15, 0.2) is 0 Å². The number of carbonyl (C=O) groups excluding carboxylic acids is 2. The number of rotatable bonds is 4. The van der Waals surface area contributed by atoms with Crippen molar-refractivity contribution < 1.29 is 9.59 Å². The molecule has 6 heteroatoms. The maximum Gasteiger partial charge on any atom is 0.253 e. The molecule has 1 aliphatic heterocycles. The van der Waals surface area contributed by atoms with Gasteiger partial charge < -0.3 is 15.1 Å². The number of hydrogen-bond donors (Lipinski definition) is 1. The van der Waals surface area contributed by atoms with Crippen molar-refractivity contribution in [3.8, 4) is 0 Å². The van der Waals surface area contributed by atoms with E-state index in [0.29, 0.717) is 18.7 Å². The molecular formula is C20H22N4O2. The van der Waals surface area contributed by atoms with Crippen LogP contribution >= 0.6 is 0 Å². The van der Waals surface area contributed by atoms with Gasteiger partial charge >= 0.3 is 0 Å². The van der Waals surface area contributed by atoms with Crippen molar-refractivity contribution in [1.82, 2.24) is 9.88 Å². The van der Waals surface area contributed by atoms with Crippen molar-refractivity contribution in [1.29, 1.82) is 0 Å². The maximum atomic E-state index is 12.7. The number of aromatic nitrogens is 1. The number of amides is 2. The minimum atomic E-state index is 0.0412. The number of benzene rings is 1. The van der Waals surface area contributed by atoms with E-state index < -0.39 is 0 Å². The molecule has 2 heterocycles. The quantitative estimate of drug-likeness (QED) is 0.920. The first-order valence-corrected chi connectivity index (χ1v) is 9.06. The predicted octanol–water partition coefficient (Wildman–Crippen LogP) is 2.39. The molecule has 0 unspecified atom stereocenters. The number of hydrogen-bond acceptors (Lipinski definition) is 4. The van der Waals surface area contributed by atoms with E-state index in [4.69, 9.17) is 0 Å². The van der Waals surface area contributed by atoms with Crippen LogP contribution < -0.4 is 10.2 Å². The zero-order valence-electron chi connectivity index (χ0n) is 14.6. The highest BCUT2D eigenvalue weighted by Gasteiger charge is 2.29. The van der Waals surface area contributed by atoms with Gasteiger partial charge in [-0.15, -0.1) is 0 Å². The Morgan fingerprint density at radius 2 is 1.58 bits per heavy atom. The SMILES string of the molecule is O=C(Nc1ccc(C(=O)N2CCN(c3ccncc3)CC2)cc1)C1CC1. The average molecular weight is 350 g/mol. The fraction of sp³-hybridized carbons (Fsp3) is 0.350. The standard InChI is InChI=1S/C20H22N4O2/c25-19(15-1-2-15)22-17-5-3-16(4-6-17)20(26)24-13-11-23(12-14-24)18-7-9-21-10-8-18/h3-10,15H,1-2,11-14H2,(H,22,25). The highest BCUT2D eigenvalue weighted by Crippen LogP contribution is 2.30. The molecule has 0 radical (unpaired) electrons. The summed E-state index contributed by atoms with van der Waals surface area (Å²) in [5, 5.41) is 2.90. The minimum Gasteiger partial charge on any atom is -0.368 e. The number of piperazine rings is 1. The molecule has 1 N–H and O–H groups in total. The number of pyridine rings is 1. The van der Waals surface area contributed by atoms with Crippen molar-refractivity contribution in [3.05, 3.63) is 54.4 Å². The van der Waals surface area contributed by atoms with Gasteiger partial charge in [-0.2, -0.15) is 0 Å². The summed E-state index contributed by atoms with van der Waals surface area (Å²) in [6.45, 7) is 3.01. The molecule has 0 spiro atoms. The highest BCUT2D eigenvalue weighted by atomic mass is 16.2. The third kappa shape index (κ3) is 3.69. The smallest absolute Gasteiger partial charge is 0.253 e. The lowest BCUT2D eigenvalue weighted by atomic mass is 10.1. The van der Waals surface area contributed by atoms with E-state index in [1.54, 1.807) is 36.7 Å². The van der Waals surface area contributed by atoms with Crippen LogP contribution in [-0.2, 0) is 4.79 Å². The molecule has 1 aliphatic carbocycles. The monoisotopic (exact) mass is 350 g/mol. The molecule has 1 saturated heterocycles. The van der Waals surface area contributed by atoms with Gasteiger partial charge in [0.05, 0.1) is 0 Å². The van der Waals surface area contributed by atoms with E-state index in [1.807, 2.05) is 17.0 Å². The molecule has 0 atom stereocenters.